The van der Waals surface area contributed by atoms with Gasteiger partial charge in [-0.15, -0.1) is 11.3 Å². The average molecular weight is 375 g/mol. The van der Waals surface area contributed by atoms with Crippen molar-refractivity contribution in [1.82, 2.24) is 9.97 Å². The summed E-state index contributed by atoms with van der Waals surface area (Å²) in [5.74, 6) is 0.741. The van der Waals surface area contributed by atoms with E-state index < -0.39 is 0 Å². The monoisotopic (exact) mass is 374 g/mol. The van der Waals surface area contributed by atoms with Gasteiger partial charge in [-0.3, -0.25) is 4.79 Å². The van der Waals surface area contributed by atoms with Crippen LogP contribution in [0.5, 0.6) is 0 Å². The third kappa shape index (κ3) is 3.36. The summed E-state index contributed by atoms with van der Waals surface area (Å²) in [6.07, 6.45) is 4.49. The van der Waals surface area contributed by atoms with Crippen LogP contribution < -0.4 is 10.9 Å². The number of H-pyrrole nitrogens is 1. The fourth-order valence-electron chi connectivity index (χ4n) is 3.52. The number of quaternary nitrogens is 1. The van der Waals surface area contributed by atoms with Crippen molar-refractivity contribution in [3.8, 4) is 0 Å². The third-order valence-electron chi connectivity index (χ3n) is 4.91. The fraction of sp³-hybridized carbons (Fsp3) is 0.368. The highest BCUT2D eigenvalue weighted by Crippen LogP contribution is 2.33. The van der Waals surface area contributed by atoms with Gasteiger partial charge in [0.2, 0.25) is 0 Å². The molecule has 0 spiro atoms. The minimum Gasteiger partial charge on any atom is -0.334 e. The summed E-state index contributed by atoms with van der Waals surface area (Å²) in [6.45, 7) is 2.77. The van der Waals surface area contributed by atoms with Gasteiger partial charge in [0.15, 0.2) is 5.82 Å². The van der Waals surface area contributed by atoms with Crippen LogP contribution in [0.4, 0.5) is 0 Å². The molecule has 2 aromatic heterocycles. The van der Waals surface area contributed by atoms with Crippen molar-refractivity contribution < 1.29 is 5.32 Å². The Morgan fingerprint density at radius 1 is 1.36 bits per heavy atom. The molecule has 4 rings (SSSR count). The van der Waals surface area contributed by atoms with Gasteiger partial charge >= 0.3 is 0 Å². The van der Waals surface area contributed by atoms with E-state index in [0.29, 0.717) is 6.54 Å². The van der Waals surface area contributed by atoms with Crippen LogP contribution in [-0.4, -0.2) is 9.97 Å². The maximum absolute atomic E-state index is 12.6. The Morgan fingerprint density at radius 3 is 3.04 bits per heavy atom. The Bertz CT molecular complexity index is 978. The second-order valence-corrected chi connectivity index (χ2v) is 8.21. The Balaban J connectivity index is 1.57. The molecule has 130 valence electrons. The smallest absolute Gasteiger partial charge is 0.260 e. The summed E-state index contributed by atoms with van der Waals surface area (Å²) in [4.78, 5) is 22.5. The number of hydrogen-bond acceptors (Lipinski definition) is 3. The summed E-state index contributed by atoms with van der Waals surface area (Å²) in [6, 6.07) is 8.14. The first-order chi connectivity index (χ1) is 12.1. The molecule has 3 N–H and O–H groups in total. The first kappa shape index (κ1) is 16.8. The van der Waals surface area contributed by atoms with Gasteiger partial charge in [0.1, 0.15) is 17.4 Å². The fourth-order valence-corrected chi connectivity index (χ4v) is 5.00. The minimum atomic E-state index is 0.0169. The number of aromatic amines is 1. The average Bonchev–Trinajstić information content (AvgIpc) is 2.98. The Morgan fingerprint density at radius 2 is 2.20 bits per heavy atom. The van der Waals surface area contributed by atoms with E-state index in [0.717, 1.165) is 33.9 Å². The molecule has 1 aromatic carbocycles. The molecule has 0 unspecified atom stereocenters. The predicted molar refractivity (Wildman–Crippen MR) is 102 cm³/mol. The van der Waals surface area contributed by atoms with Gasteiger partial charge in [-0.05, 0) is 50.3 Å². The summed E-state index contributed by atoms with van der Waals surface area (Å²) in [5, 5.41) is 3.74. The van der Waals surface area contributed by atoms with Crippen molar-refractivity contribution in [1.29, 1.82) is 0 Å². The van der Waals surface area contributed by atoms with Gasteiger partial charge < -0.3 is 10.3 Å². The summed E-state index contributed by atoms with van der Waals surface area (Å²) >= 11 is 7.77. The first-order valence-electron chi connectivity index (χ1n) is 8.74. The second-order valence-electron chi connectivity index (χ2n) is 6.69. The number of nitrogens with one attached hydrogen (secondary N) is 1. The van der Waals surface area contributed by atoms with E-state index in [4.69, 9.17) is 16.6 Å². The highest BCUT2D eigenvalue weighted by molar-refractivity contribution is 7.18. The van der Waals surface area contributed by atoms with E-state index in [9.17, 15) is 4.79 Å². The van der Waals surface area contributed by atoms with Crippen LogP contribution in [0.1, 0.15) is 47.6 Å². The van der Waals surface area contributed by atoms with Crippen LogP contribution in [0.15, 0.2) is 29.1 Å². The summed E-state index contributed by atoms with van der Waals surface area (Å²) in [5.41, 5.74) is 2.42. The van der Waals surface area contributed by atoms with E-state index in [-0.39, 0.29) is 11.6 Å². The van der Waals surface area contributed by atoms with E-state index in [2.05, 4.69) is 23.3 Å². The van der Waals surface area contributed by atoms with Gasteiger partial charge in [0.05, 0.1) is 5.39 Å². The molecular formula is C19H21ClN3OS+. The highest BCUT2D eigenvalue weighted by atomic mass is 35.5. The molecule has 0 radical (unpaired) electrons. The van der Waals surface area contributed by atoms with Crippen LogP contribution in [0.3, 0.4) is 0 Å². The number of nitrogens with two attached hydrogens (primary N) is 1. The standard InChI is InChI=1S/C19H20ClN3OS/c1-11(12-5-4-6-13(20)9-12)21-10-16-22-18(24)17-14-7-2-3-8-15(14)25-19(17)23-16/h4-6,9,11,21H,2-3,7-8,10H2,1H3,(H,22,23,24)/p+1/t11-/m1/s1. The Hall–Kier alpha value is -1.69. The van der Waals surface area contributed by atoms with E-state index >= 15 is 0 Å². The number of halogens is 1. The predicted octanol–water partition coefficient (Wildman–Crippen LogP) is 3.34. The number of aryl methyl sites for hydroxylation is 2. The Kier molecular flexibility index (Phi) is 4.63. The lowest BCUT2D eigenvalue weighted by molar-refractivity contribution is -0.708. The summed E-state index contributed by atoms with van der Waals surface area (Å²) < 4.78 is 0. The van der Waals surface area contributed by atoms with Gasteiger partial charge in [-0.25, -0.2) is 4.98 Å². The SMILES string of the molecule is C[C@@H]([NH2+]Cc1nc2sc3c(c2c(=O)[nH]1)CCCC3)c1cccc(Cl)c1. The van der Waals surface area contributed by atoms with Gasteiger partial charge in [-0.2, -0.15) is 0 Å². The van der Waals surface area contributed by atoms with Crippen molar-refractivity contribution in [3.63, 3.8) is 0 Å². The zero-order chi connectivity index (χ0) is 17.4. The van der Waals surface area contributed by atoms with Crippen molar-refractivity contribution in [2.45, 2.75) is 45.2 Å². The molecule has 0 saturated heterocycles. The zero-order valence-electron chi connectivity index (χ0n) is 14.1. The maximum Gasteiger partial charge on any atom is 0.260 e. The molecule has 0 bridgehead atoms. The van der Waals surface area contributed by atoms with Crippen LogP contribution in [0.25, 0.3) is 10.2 Å². The number of aromatic nitrogens is 2. The van der Waals surface area contributed by atoms with Crippen molar-refractivity contribution >= 4 is 33.2 Å². The van der Waals surface area contributed by atoms with E-state index in [1.807, 2.05) is 18.2 Å². The number of hydrogen-bond donors (Lipinski definition) is 2. The lowest BCUT2D eigenvalue weighted by Crippen LogP contribution is -2.83. The topological polar surface area (TPSA) is 62.4 Å². The molecule has 0 amide bonds. The molecule has 1 atom stereocenters. The number of fused-ring (bicyclic) bond motifs is 3. The molecule has 3 aromatic rings. The van der Waals surface area contributed by atoms with E-state index in [1.165, 1.54) is 28.8 Å². The van der Waals surface area contributed by atoms with Gasteiger partial charge in [-0.1, -0.05) is 23.7 Å². The van der Waals surface area contributed by atoms with Crippen molar-refractivity contribution in [3.05, 3.63) is 61.5 Å². The minimum absolute atomic E-state index is 0.0169. The van der Waals surface area contributed by atoms with Crippen molar-refractivity contribution in [2.75, 3.05) is 0 Å². The highest BCUT2D eigenvalue weighted by Gasteiger charge is 2.20. The maximum atomic E-state index is 12.6. The number of benzene rings is 1. The van der Waals surface area contributed by atoms with Gasteiger partial charge in [0, 0.05) is 15.5 Å². The Labute approximate surface area is 155 Å². The molecule has 6 heteroatoms. The number of rotatable bonds is 4. The zero-order valence-corrected chi connectivity index (χ0v) is 15.7. The van der Waals surface area contributed by atoms with Crippen LogP contribution in [0, 0.1) is 0 Å². The van der Waals surface area contributed by atoms with Crippen LogP contribution >= 0.6 is 22.9 Å². The third-order valence-corrected chi connectivity index (χ3v) is 6.33. The quantitative estimate of drug-likeness (QED) is 0.735. The largest absolute Gasteiger partial charge is 0.334 e. The van der Waals surface area contributed by atoms with Crippen molar-refractivity contribution in [2.24, 2.45) is 0 Å². The first-order valence-corrected chi connectivity index (χ1v) is 9.93. The van der Waals surface area contributed by atoms with Crippen LogP contribution in [0.2, 0.25) is 5.02 Å². The number of nitrogens with zero attached hydrogens (tertiary/aromatic N) is 1. The lowest BCUT2D eigenvalue weighted by Gasteiger charge is -2.11. The molecular weight excluding hydrogens is 354 g/mol. The lowest BCUT2D eigenvalue weighted by atomic mass is 9.97. The van der Waals surface area contributed by atoms with E-state index in [1.54, 1.807) is 11.3 Å². The molecule has 25 heavy (non-hydrogen) atoms. The normalized spacial score (nSPS) is 15.3. The molecule has 0 aliphatic heterocycles. The van der Waals surface area contributed by atoms with Crippen LogP contribution in [-0.2, 0) is 19.4 Å². The number of thiophene rings is 1. The van der Waals surface area contributed by atoms with Gasteiger partial charge in [0.25, 0.3) is 5.56 Å². The molecule has 2 heterocycles. The second kappa shape index (κ2) is 6.90. The molecule has 1 aliphatic carbocycles. The molecule has 4 nitrogen and oxygen atoms in total. The summed E-state index contributed by atoms with van der Waals surface area (Å²) in [7, 11) is 0. The molecule has 0 fully saturated rings. The molecule has 0 saturated carbocycles. The molecule has 1 aliphatic rings.